The smallest absolute Gasteiger partial charge is 0.175 e. The van der Waals surface area contributed by atoms with E-state index in [2.05, 4.69) is 10.4 Å². The van der Waals surface area contributed by atoms with E-state index in [1.165, 1.54) is 6.26 Å². The first kappa shape index (κ1) is 15.1. The van der Waals surface area contributed by atoms with Crippen molar-refractivity contribution in [1.29, 1.82) is 0 Å². The van der Waals surface area contributed by atoms with E-state index in [0.717, 1.165) is 37.4 Å². The fraction of sp³-hybridized carbons (Fsp3) is 0.400. The summed E-state index contributed by atoms with van der Waals surface area (Å²) in [6.45, 7) is 1.96. The van der Waals surface area contributed by atoms with Crippen LogP contribution in [0.2, 0.25) is 0 Å². The zero-order chi connectivity index (χ0) is 15.6. The number of piperidine rings is 1. The minimum atomic E-state index is -3.18. The summed E-state index contributed by atoms with van der Waals surface area (Å²) < 4.78 is 30.5. The lowest BCUT2D eigenvalue weighted by Crippen LogP contribution is -2.34. The third kappa shape index (κ3) is 3.48. The lowest BCUT2D eigenvalue weighted by Gasteiger charge is -2.22. The standard InChI is InChI=1S/C15H19N3O3S/c1-22(19,20)15-4-2-12(3-5-15)18-11-14(10-17-18)21-13-6-8-16-9-7-13/h2-5,10-11,13,16H,6-9H2,1H3. The highest BCUT2D eigenvalue weighted by Crippen LogP contribution is 2.19. The lowest BCUT2D eigenvalue weighted by atomic mass is 10.1. The van der Waals surface area contributed by atoms with E-state index in [9.17, 15) is 8.42 Å². The molecule has 0 atom stereocenters. The van der Waals surface area contributed by atoms with E-state index in [4.69, 9.17) is 4.74 Å². The van der Waals surface area contributed by atoms with Crippen molar-refractivity contribution in [3.8, 4) is 11.4 Å². The summed E-state index contributed by atoms with van der Waals surface area (Å²) in [6.07, 6.45) is 6.92. The largest absolute Gasteiger partial charge is 0.487 e. The van der Waals surface area contributed by atoms with Gasteiger partial charge in [0, 0.05) is 6.26 Å². The third-order valence-corrected chi connectivity index (χ3v) is 4.81. The van der Waals surface area contributed by atoms with Crippen LogP contribution in [0.15, 0.2) is 41.6 Å². The molecular formula is C15H19N3O3S. The molecule has 2 aromatic rings. The lowest BCUT2D eigenvalue weighted by molar-refractivity contribution is 0.162. The van der Waals surface area contributed by atoms with E-state index < -0.39 is 9.84 Å². The molecule has 1 fully saturated rings. The summed E-state index contributed by atoms with van der Waals surface area (Å²) in [7, 11) is -3.18. The predicted molar refractivity (Wildman–Crippen MR) is 83.2 cm³/mol. The number of nitrogens with zero attached hydrogens (tertiary/aromatic N) is 2. The van der Waals surface area contributed by atoms with Crippen LogP contribution in [0, 0.1) is 0 Å². The van der Waals surface area contributed by atoms with Crippen LogP contribution in [0.1, 0.15) is 12.8 Å². The second-order valence-corrected chi connectivity index (χ2v) is 7.47. The molecule has 22 heavy (non-hydrogen) atoms. The first-order chi connectivity index (χ1) is 10.5. The summed E-state index contributed by atoms with van der Waals surface area (Å²) >= 11 is 0. The van der Waals surface area contributed by atoms with Crippen LogP contribution < -0.4 is 10.1 Å². The monoisotopic (exact) mass is 321 g/mol. The Morgan fingerprint density at radius 1 is 1.23 bits per heavy atom. The van der Waals surface area contributed by atoms with Crippen LogP contribution in [0.5, 0.6) is 5.75 Å². The van der Waals surface area contributed by atoms with Gasteiger partial charge in [-0.25, -0.2) is 13.1 Å². The van der Waals surface area contributed by atoms with Gasteiger partial charge in [-0.2, -0.15) is 5.10 Å². The first-order valence-electron chi connectivity index (χ1n) is 7.25. The molecular weight excluding hydrogens is 302 g/mol. The molecule has 118 valence electrons. The number of hydrogen-bond acceptors (Lipinski definition) is 5. The van der Waals surface area contributed by atoms with Gasteiger partial charge in [-0.3, -0.25) is 0 Å². The Bertz CT molecular complexity index is 732. The summed E-state index contributed by atoms with van der Waals surface area (Å²) in [5.41, 5.74) is 0.799. The Hall–Kier alpha value is -1.86. The molecule has 1 aliphatic rings. The minimum absolute atomic E-state index is 0.228. The fourth-order valence-electron chi connectivity index (χ4n) is 2.46. The van der Waals surface area contributed by atoms with Crippen molar-refractivity contribution < 1.29 is 13.2 Å². The third-order valence-electron chi connectivity index (χ3n) is 3.68. The fourth-order valence-corrected chi connectivity index (χ4v) is 3.09. The van der Waals surface area contributed by atoms with E-state index in [1.54, 1.807) is 35.1 Å². The van der Waals surface area contributed by atoms with Gasteiger partial charge < -0.3 is 10.1 Å². The van der Waals surface area contributed by atoms with Crippen LogP contribution >= 0.6 is 0 Å². The molecule has 1 saturated heterocycles. The first-order valence-corrected chi connectivity index (χ1v) is 9.14. The second kappa shape index (κ2) is 6.10. The Morgan fingerprint density at radius 2 is 1.91 bits per heavy atom. The van der Waals surface area contributed by atoms with Gasteiger partial charge >= 0.3 is 0 Å². The number of hydrogen-bond donors (Lipinski definition) is 1. The van der Waals surface area contributed by atoms with Crippen molar-refractivity contribution in [3.05, 3.63) is 36.7 Å². The molecule has 0 aliphatic carbocycles. The maximum Gasteiger partial charge on any atom is 0.175 e. The average molecular weight is 321 g/mol. The molecule has 3 rings (SSSR count). The van der Waals surface area contributed by atoms with Crippen LogP contribution in [0.3, 0.4) is 0 Å². The summed E-state index contributed by atoms with van der Waals surface area (Å²) in [6, 6.07) is 6.63. The van der Waals surface area contributed by atoms with Crippen LogP contribution in [0.4, 0.5) is 0 Å². The maximum absolute atomic E-state index is 11.5. The second-order valence-electron chi connectivity index (χ2n) is 5.45. The van der Waals surface area contributed by atoms with Gasteiger partial charge in [0.05, 0.1) is 23.0 Å². The van der Waals surface area contributed by atoms with Gasteiger partial charge in [0.2, 0.25) is 0 Å². The van der Waals surface area contributed by atoms with Crippen molar-refractivity contribution >= 4 is 9.84 Å². The SMILES string of the molecule is CS(=O)(=O)c1ccc(-n2cc(OC3CCNCC3)cn2)cc1. The summed E-state index contributed by atoms with van der Waals surface area (Å²) in [5.74, 6) is 0.735. The van der Waals surface area contributed by atoms with Gasteiger partial charge in [0.1, 0.15) is 6.10 Å². The van der Waals surface area contributed by atoms with Crippen LogP contribution in [-0.4, -0.2) is 43.6 Å². The molecule has 1 N–H and O–H groups in total. The molecule has 1 aromatic carbocycles. The molecule has 2 heterocycles. The molecule has 0 amide bonds. The summed E-state index contributed by atoms with van der Waals surface area (Å²) in [4.78, 5) is 0.301. The Morgan fingerprint density at radius 3 is 2.55 bits per heavy atom. The highest BCUT2D eigenvalue weighted by atomic mass is 32.2. The molecule has 0 saturated carbocycles. The number of rotatable bonds is 4. The van der Waals surface area contributed by atoms with E-state index in [-0.39, 0.29) is 6.10 Å². The Labute approximate surface area is 130 Å². The molecule has 7 heteroatoms. The Kier molecular flexibility index (Phi) is 4.17. The van der Waals surface area contributed by atoms with E-state index in [1.807, 2.05) is 6.20 Å². The molecule has 0 unspecified atom stereocenters. The van der Waals surface area contributed by atoms with Gasteiger partial charge in [-0.05, 0) is 50.2 Å². The number of nitrogens with one attached hydrogen (secondary N) is 1. The summed E-state index contributed by atoms with van der Waals surface area (Å²) in [5, 5.41) is 7.57. The van der Waals surface area contributed by atoms with Crippen molar-refractivity contribution in [3.63, 3.8) is 0 Å². The maximum atomic E-state index is 11.5. The highest BCUT2D eigenvalue weighted by molar-refractivity contribution is 7.90. The van der Waals surface area contributed by atoms with Crippen molar-refractivity contribution in [2.45, 2.75) is 23.8 Å². The van der Waals surface area contributed by atoms with Crippen molar-refractivity contribution in [1.82, 2.24) is 15.1 Å². The van der Waals surface area contributed by atoms with Gasteiger partial charge in [0.15, 0.2) is 15.6 Å². The molecule has 1 aromatic heterocycles. The number of sulfone groups is 1. The molecule has 0 bridgehead atoms. The van der Waals surface area contributed by atoms with E-state index in [0.29, 0.717) is 4.90 Å². The minimum Gasteiger partial charge on any atom is -0.487 e. The number of ether oxygens (including phenoxy) is 1. The van der Waals surface area contributed by atoms with Crippen molar-refractivity contribution in [2.24, 2.45) is 0 Å². The highest BCUT2D eigenvalue weighted by Gasteiger charge is 2.15. The molecule has 0 spiro atoms. The van der Waals surface area contributed by atoms with Crippen molar-refractivity contribution in [2.75, 3.05) is 19.3 Å². The number of aromatic nitrogens is 2. The molecule has 6 nitrogen and oxygen atoms in total. The van der Waals surface area contributed by atoms with E-state index >= 15 is 0 Å². The Balaban J connectivity index is 1.73. The molecule has 0 radical (unpaired) electrons. The number of benzene rings is 1. The zero-order valence-corrected chi connectivity index (χ0v) is 13.2. The quantitative estimate of drug-likeness (QED) is 0.921. The normalized spacial score (nSPS) is 16.6. The van der Waals surface area contributed by atoms with Gasteiger partial charge in [-0.1, -0.05) is 0 Å². The van der Waals surface area contributed by atoms with Crippen LogP contribution in [0.25, 0.3) is 5.69 Å². The zero-order valence-electron chi connectivity index (χ0n) is 12.4. The van der Waals surface area contributed by atoms with Gasteiger partial charge in [0.25, 0.3) is 0 Å². The predicted octanol–water partition coefficient (Wildman–Crippen LogP) is 1.41. The van der Waals surface area contributed by atoms with Crippen LogP contribution in [-0.2, 0) is 9.84 Å². The molecule has 1 aliphatic heterocycles. The van der Waals surface area contributed by atoms with Gasteiger partial charge in [-0.15, -0.1) is 0 Å². The average Bonchev–Trinajstić information content (AvgIpc) is 2.96. The topological polar surface area (TPSA) is 73.2 Å².